The number of ether oxygens (including phenoxy) is 1. The van der Waals surface area contributed by atoms with E-state index in [-0.39, 0.29) is 23.8 Å². The average molecular weight is 383 g/mol. The Hall–Kier alpha value is -2.09. The van der Waals surface area contributed by atoms with Gasteiger partial charge in [-0.25, -0.2) is 4.98 Å². The highest BCUT2D eigenvalue weighted by molar-refractivity contribution is 6.30. The number of fused-ring (bicyclic) bond motifs is 1. The summed E-state index contributed by atoms with van der Waals surface area (Å²) >= 11 is 5.74. The summed E-state index contributed by atoms with van der Waals surface area (Å²) < 4.78 is 46.8. The van der Waals surface area contributed by atoms with E-state index in [0.29, 0.717) is 17.6 Å². The Morgan fingerprint density at radius 2 is 1.96 bits per heavy atom. The second kappa shape index (κ2) is 5.97. The molecule has 136 valence electrons. The van der Waals surface area contributed by atoms with Crippen molar-refractivity contribution in [3.8, 4) is 11.1 Å². The van der Waals surface area contributed by atoms with Gasteiger partial charge in [-0.2, -0.15) is 13.2 Å². The molecule has 0 aliphatic carbocycles. The van der Waals surface area contributed by atoms with Crippen molar-refractivity contribution in [3.05, 3.63) is 53.3 Å². The number of benzene rings is 2. The van der Waals surface area contributed by atoms with Crippen molar-refractivity contribution in [2.24, 2.45) is 0 Å². The normalized spacial score (nSPS) is 16.7. The van der Waals surface area contributed by atoms with Crippen molar-refractivity contribution < 1.29 is 23.0 Å². The molecule has 1 saturated heterocycles. The molecule has 0 amide bonds. The second-order valence-corrected chi connectivity index (χ2v) is 6.92. The van der Waals surface area contributed by atoms with Gasteiger partial charge in [0, 0.05) is 5.02 Å². The van der Waals surface area contributed by atoms with Gasteiger partial charge in [0.1, 0.15) is 5.60 Å². The highest BCUT2D eigenvalue weighted by atomic mass is 35.5. The molecular formula is C18H14ClF3N2O2. The van der Waals surface area contributed by atoms with E-state index in [1.165, 1.54) is 12.1 Å². The summed E-state index contributed by atoms with van der Waals surface area (Å²) in [6, 6.07) is 8.63. The number of halogens is 4. The molecule has 1 aliphatic rings. The number of hydrogen-bond donors (Lipinski definition) is 1. The van der Waals surface area contributed by atoms with Gasteiger partial charge in [0.2, 0.25) is 0 Å². The highest BCUT2D eigenvalue weighted by Gasteiger charge is 2.37. The van der Waals surface area contributed by atoms with Crippen LogP contribution in [0.1, 0.15) is 5.56 Å². The minimum Gasteiger partial charge on any atom is -0.383 e. The third-order valence-electron chi connectivity index (χ3n) is 4.43. The van der Waals surface area contributed by atoms with Gasteiger partial charge in [-0.3, -0.25) is 0 Å². The van der Waals surface area contributed by atoms with E-state index in [1.807, 2.05) is 0 Å². The molecule has 1 N–H and O–H groups in total. The zero-order valence-corrected chi connectivity index (χ0v) is 14.2. The number of alkyl halides is 3. The molecule has 0 atom stereocenters. The summed E-state index contributed by atoms with van der Waals surface area (Å²) in [5, 5.41) is 10.2. The van der Waals surface area contributed by atoms with E-state index in [4.69, 9.17) is 16.3 Å². The van der Waals surface area contributed by atoms with Crippen molar-refractivity contribution >= 4 is 22.6 Å². The molecule has 1 aliphatic heterocycles. The van der Waals surface area contributed by atoms with Crippen LogP contribution >= 0.6 is 11.6 Å². The number of aromatic nitrogens is 2. The number of imidazole rings is 1. The van der Waals surface area contributed by atoms with E-state index in [1.54, 1.807) is 29.1 Å². The predicted molar refractivity (Wildman–Crippen MR) is 90.9 cm³/mol. The SMILES string of the molecule is OC1(Cn2cnc3cc(-c4ccc(Cl)cc4C(F)(F)F)ccc32)COC1. The third-order valence-corrected chi connectivity index (χ3v) is 4.66. The molecule has 0 radical (unpaired) electrons. The quantitative estimate of drug-likeness (QED) is 0.740. The van der Waals surface area contributed by atoms with Gasteiger partial charge in [-0.1, -0.05) is 23.7 Å². The van der Waals surface area contributed by atoms with Crippen molar-refractivity contribution in [2.45, 2.75) is 18.3 Å². The van der Waals surface area contributed by atoms with E-state index in [2.05, 4.69) is 4.98 Å². The molecule has 0 bridgehead atoms. The van der Waals surface area contributed by atoms with Gasteiger partial charge in [-0.05, 0) is 35.4 Å². The van der Waals surface area contributed by atoms with E-state index >= 15 is 0 Å². The van der Waals surface area contributed by atoms with Crippen molar-refractivity contribution in [1.82, 2.24) is 9.55 Å². The summed E-state index contributed by atoms with van der Waals surface area (Å²) in [4.78, 5) is 4.26. The lowest BCUT2D eigenvalue weighted by atomic mass is 9.98. The fourth-order valence-electron chi connectivity index (χ4n) is 3.11. The standard InChI is InChI=1S/C18H14ClF3N2O2/c19-12-2-3-13(14(6-12)18(20,21)22)11-1-4-16-15(5-11)23-10-24(16)7-17(25)8-26-9-17/h1-6,10,25H,7-9H2. The Labute approximate surface area is 151 Å². The smallest absolute Gasteiger partial charge is 0.383 e. The first kappa shape index (κ1) is 17.3. The molecule has 3 aromatic rings. The first-order valence-electron chi connectivity index (χ1n) is 7.87. The van der Waals surface area contributed by atoms with Crippen LogP contribution < -0.4 is 0 Å². The number of hydrogen-bond acceptors (Lipinski definition) is 3. The van der Waals surface area contributed by atoms with E-state index in [9.17, 15) is 18.3 Å². The van der Waals surface area contributed by atoms with E-state index < -0.39 is 17.3 Å². The Bertz CT molecular complexity index is 980. The lowest BCUT2D eigenvalue weighted by Gasteiger charge is -2.36. The van der Waals surface area contributed by atoms with Crippen LogP contribution in [-0.4, -0.2) is 33.5 Å². The van der Waals surface area contributed by atoms with Gasteiger partial charge in [0.15, 0.2) is 0 Å². The molecular weight excluding hydrogens is 369 g/mol. The van der Waals surface area contributed by atoms with Crippen LogP contribution in [0.3, 0.4) is 0 Å². The highest BCUT2D eigenvalue weighted by Crippen LogP contribution is 2.39. The maximum atomic E-state index is 13.3. The van der Waals surface area contributed by atoms with Crippen LogP contribution in [0.5, 0.6) is 0 Å². The molecule has 1 fully saturated rings. The summed E-state index contributed by atoms with van der Waals surface area (Å²) in [6.45, 7) is 0.826. The Morgan fingerprint density at radius 3 is 2.62 bits per heavy atom. The summed E-state index contributed by atoms with van der Waals surface area (Å²) in [5.74, 6) is 0. The van der Waals surface area contributed by atoms with Crippen LogP contribution in [0, 0.1) is 0 Å². The van der Waals surface area contributed by atoms with Gasteiger partial charge < -0.3 is 14.4 Å². The first-order chi connectivity index (χ1) is 12.3. The summed E-state index contributed by atoms with van der Waals surface area (Å²) in [7, 11) is 0. The number of nitrogens with zero attached hydrogens (tertiary/aromatic N) is 2. The molecule has 2 heterocycles. The predicted octanol–water partition coefficient (Wildman–Crippen LogP) is 4.14. The average Bonchev–Trinajstić information content (AvgIpc) is 2.94. The molecule has 0 saturated carbocycles. The molecule has 4 rings (SSSR count). The molecule has 8 heteroatoms. The minimum absolute atomic E-state index is 0.0300. The molecule has 4 nitrogen and oxygen atoms in total. The van der Waals surface area contributed by atoms with Crippen LogP contribution in [-0.2, 0) is 17.5 Å². The fourth-order valence-corrected chi connectivity index (χ4v) is 3.28. The second-order valence-electron chi connectivity index (χ2n) is 6.48. The molecule has 0 spiro atoms. The molecule has 26 heavy (non-hydrogen) atoms. The van der Waals surface area contributed by atoms with Gasteiger partial charge in [0.05, 0.1) is 42.7 Å². The largest absolute Gasteiger partial charge is 0.417 e. The van der Waals surface area contributed by atoms with E-state index in [0.717, 1.165) is 11.6 Å². The summed E-state index contributed by atoms with van der Waals surface area (Å²) in [5.41, 5.74) is 0.0175. The van der Waals surface area contributed by atoms with Crippen molar-refractivity contribution in [3.63, 3.8) is 0 Å². The number of rotatable bonds is 3. The molecule has 2 aromatic carbocycles. The van der Waals surface area contributed by atoms with Crippen molar-refractivity contribution in [2.75, 3.05) is 13.2 Å². The zero-order valence-electron chi connectivity index (χ0n) is 13.4. The van der Waals surface area contributed by atoms with Gasteiger partial charge in [0.25, 0.3) is 0 Å². The lowest BCUT2D eigenvalue weighted by Crippen LogP contribution is -2.52. The number of aliphatic hydroxyl groups is 1. The molecule has 1 aromatic heterocycles. The minimum atomic E-state index is -4.51. The fraction of sp³-hybridized carbons (Fsp3) is 0.278. The third kappa shape index (κ3) is 3.06. The van der Waals surface area contributed by atoms with Crippen LogP contribution in [0.25, 0.3) is 22.2 Å². The van der Waals surface area contributed by atoms with Gasteiger partial charge >= 0.3 is 6.18 Å². The summed E-state index contributed by atoms with van der Waals surface area (Å²) in [6.07, 6.45) is -2.95. The Balaban J connectivity index is 1.75. The van der Waals surface area contributed by atoms with Crippen LogP contribution in [0.15, 0.2) is 42.7 Å². The maximum absolute atomic E-state index is 13.3. The molecule has 0 unspecified atom stereocenters. The van der Waals surface area contributed by atoms with Crippen LogP contribution in [0.4, 0.5) is 13.2 Å². The Morgan fingerprint density at radius 1 is 1.19 bits per heavy atom. The lowest BCUT2D eigenvalue weighted by molar-refractivity contribution is -0.184. The topological polar surface area (TPSA) is 47.3 Å². The monoisotopic (exact) mass is 382 g/mol. The van der Waals surface area contributed by atoms with Gasteiger partial charge in [-0.15, -0.1) is 0 Å². The first-order valence-corrected chi connectivity index (χ1v) is 8.25. The van der Waals surface area contributed by atoms with Crippen LogP contribution in [0.2, 0.25) is 5.02 Å². The Kier molecular flexibility index (Phi) is 3.98. The zero-order chi connectivity index (χ0) is 18.5. The maximum Gasteiger partial charge on any atom is 0.417 e. The van der Waals surface area contributed by atoms with Crippen molar-refractivity contribution in [1.29, 1.82) is 0 Å².